The van der Waals surface area contributed by atoms with Crippen molar-refractivity contribution in [2.45, 2.75) is 12.5 Å². The number of imide groups is 1. The molecule has 1 saturated heterocycles. The third-order valence-corrected chi connectivity index (χ3v) is 5.00. The minimum atomic E-state index is -0.546. The Hall–Kier alpha value is -3.87. The number of methoxy groups -OCH3 is 1. The van der Waals surface area contributed by atoms with Gasteiger partial charge in [-0.3, -0.25) is 4.79 Å². The van der Waals surface area contributed by atoms with Crippen molar-refractivity contribution in [1.29, 1.82) is 0 Å². The molecule has 0 saturated carbocycles. The number of hydrogen-bond acceptors (Lipinski definition) is 5. The molecule has 7 heteroatoms. The molecule has 1 fully saturated rings. The standard InChI is InChI=1S/C23H21N3O4/c1-25-20(14-16-6-4-3-5-7-16)22(27)26(23(25)28)17-8-13-21(24-15-17)30-19-11-9-18(29-2)10-12-19/h3-13,15,20H,14H2,1-2H3. The van der Waals surface area contributed by atoms with Crippen LogP contribution in [0.2, 0.25) is 0 Å². The number of amides is 3. The Labute approximate surface area is 174 Å². The van der Waals surface area contributed by atoms with Crippen LogP contribution in [-0.4, -0.2) is 42.0 Å². The molecule has 3 aromatic rings. The van der Waals surface area contributed by atoms with Gasteiger partial charge in [-0.1, -0.05) is 30.3 Å². The molecule has 0 aliphatic carbocycles. The van der Waals surface area contributed by atoms with Gasteiger partial charge in [0.2, 0.25) is 5.88 Å². The molecular formula is C23H21N3O4. The van der Waals surface area contributed by atoms with E-state index in [0.717, 1.165) is 16.2 Å². The maximum Gasteiger partial charge on any atom is 0.331 e. The highest BCUT2D eigenvalue weighted by molar-refractivity contribution is 6.21. The van der Waals surface area contributed by atoms with E-state index in [1.807, 2.05) is 30.3 Å². The first-order chi connectivity index (χ1) is 14.6. The lowest BCUT2D eigenvalue weighted by Gasteiger charge is -2.15. The molecule has 2 aromatic carbocycles. The largest absolute Gasteiger partial charge is 0.497 e. The zero-order valence-corrected chi connectivity index (χ0v) is 16.7. The van der Waals surface area contributed by atoms with E-state index in [0.29, 0.717) is 23.7 Å². The highest BCUT2D eigenvalue weighted by Gasteiger charge is 2.43. The number of rotatable bonds is 6. The number of aromatic nitrogens is 1. The topological polar surface area (TPSA) is 72.0 Å². The zero-order valence-electron chi connectivity index (χ0n) is 16.7. The van der Waals surface area contributed by atoms with Gasteiger partial charge in [-0.2, -0.15) is 0 Å². The molecule has 2 heterocycles. The summed E-state index contributed by atoms with van der Waals surface area (Å²) in [6.45, 7) is 0. The second-order valence-electron chi connectivity index (χ2n) is 6.90. The van der Waals surface area contributed by atoms with E-state index < -0.39 is 6.04 Å². The summed E-state index contributed by atoms with van der Waals surface area (Å²) in [7, 11) is 3.24. The molecule has 4 rings (SSSR count). The van der Waals surface area contributed by atoms with E-state index >= 15 is 0 Å². The number of likely N-dealkylation sites (N-methyl/N-ethyl adjacent to an activating group) is 1. The van der Waals surface area contributed by atoms with Gasteiger partial charge in [0, 0.05) is 19.5 Å². The monoisotopic (exact) mass is 403 g/mol. The number of carbonyl (C=O) groups is 2. The van der Waals surface area contributed by atoms with Crippen molar-refractivity contribution in [3.8, 4) is 17.4 Å². The van der Waals surface area contributed by atoms with Crippen LogP contribution in [0.1, 0.15) is 5.56 Å². The lowest BCUT2D eigenvalue weighted by molar-refractivity contribution is -0.119. The second-order valence-corrected chi connectivity index (χ2v) is 6.90. The van der Waals surface area contributed by atoms with Gasteiger partial charge in [0.05, 0.1) is 19.0 Å². The first-order valence-corrected chi connectivity index (χ1v) is 9.49. The quantitative estimate of drug-likeness (QED) is 0.584. The Balaban J connectivity index is 1.49. The minimum Gasteiger partial charge on any atom is -0.497 e. The van der Waals surface area contributed by atoms with Crippen LogP contribution in [0.3, 0.4) is 0 Å². The fourth-order valence-electron chi connectivity index (χ4n) is 3.33. The summed E-state index contributed by atoms with van der Waals surface area (Å²) in [5.41, 5.74) is 1.41. The maximum absolute atomic E-state index is 13.0. The summed E-state index contributed by atoms with van der Waals surface area (Å²) < 4.78 is 10.8. The van der Waals surface area contributed by atoms with Gasteiger partial charge in [0.25, 0.3) is 5.91 Å². The zero-order chi connectivity index (χ0) is 21.1. The molecule has 0 bridgehead atoms. The fourth-order valence-corrected chi connectivity index (χ4v) is 3.33. The molecular weight excluding hydrogens is 382 g/mol. The average molecular weight is 403 g/mol. The number of ether oxygens (including phenoxy) is 2. The highest BCUT2D eigenvalue weighted by Crippen LogP contribution is 2.28. The minimum absolute atomic E-state index is 0.267. The smallest absolute Gasteiger partial charge is 0.331 e. The van der Waals surface area contributed by atoms with E-state index in [4.69, 9.17) is 9.47 Å². The number of hydrogen-bond donors (Lipinski definition) is 0. The van der Waals surface area contributed by atoms with Crippen molar-refractivity contribution in [2.24, 2.45) is 0 Å². The summed E-state index contributed by atoms with van der Waals surface area (Å²) in [4.78, 5) is 32.6. The molecule has 1 aliphatic heterocycles. The summed E-state index contributed by atoms with van der Waals surface area (Å²) in [5.74, 6) is 1.42. The van der Waals surface area contributed by atoms with E-state index in [-0.39, 0.29) is 11.9 Å². The van der Waals surface area contributed by atoms with Crippen molar-refractivity contribution < 1.29 is 19.1 Å². The van der Waals surface area contributed by atoms with Crippen LogP contribution in [0, 0.1) is 0 Å². The third kappa shape index (κ3) is 3.82. The van der Waals surface area contributed by atoms with Gasteiger partial charge in [0.1, 0.15) is 17.5 Å². The van der Waals surface area contributed by atoms with Gasteiger partial charge in [-0.25, -0.2) is 14.7 Å². The normalized spacial score (nSPS) is 16.1. The summed E-state index contributed by atoms with van der Waals surface area (Å²) in [6, 6.07) is 19.1. The molecule has 0 spiro atoms. The maximum atomic E-state index is 13.0. The molecule has 1 aromatic heterocycles. The predicted molar refractivity (Wildman–Crippen MR) is 112 cm³/mol. The van der Waals surface area contributed by atoms with Gasteiger partial charge < -0.3 is 14.4 Å². The number of carbonyl (C=O) groups excluding carboxylic acids is 2. The Morgan fingerprint density at radius 1 is 0.933 bits per heavy atom. The first-order valence-electron chi connectivity index (χ1n) is 9.49. The van der Waals surface area contributed by atoms with Crippen molar-refractivity contribution in [2.75, 3.05) is 19.1 Å². The molecule has 30 heavy (non-hydrogen) atoms. The Morgan fingerprint density at radius 3 is 2.27 bits per heavy atom. The number of benzene rings is 2. The van der Waals surface area contributed by atoms with Crippen molar-refractivity contribution in [1.82, 2.24) is 9.88 Å². The van der Waals surface area contributed by atoms with E-state index in [9.17, 15) is 9.59 Å². The number of pyridine rings is 1. The van der Waals surface area contributed by atoms with Gasteiger partial charge >= 0.3 is 6.03 Å². The molecule has 1 unspecified atom stereocenters. The number of anilines is 1. The summed E-state index contributed by atoms with van der Waals surface area (Å²) in [5, 5.41) is 0. The Morgan fingerprint density at radius 2 is 1.63 bits per heavy atom. The number of nitrogens with zero attached hydrogens (tertiary/aromatic N) is 3. The molecule has 3 amide bonds. The van der Waals surface area contributed by atoms with Crippen molar-refractivity contribution >= 4 is 17.6 Å². The molecule has 152 valence electrons. The van der Waals surface area contributed by atoms with Crippen LogP contribution < -0.4 is 14.4 Å². The number of urea groups is 1. The third-order valence-electron chi connectivity index (χ3n) is 5.00. The summed E-state index contributed by atoms with van der Waals surface area (Å²) >= 11 is 0. The lowest BCUT2D eigenvalue weighted by Crippen LogP contribution is -2.33. The van der Waals surface area contributed by atoms with Crippen LogP contribution >= 0.6 is 0 Å². The van der Waals surface area contributed by atoms with Crippen molar-refractivity contribution in [3.05, 3.63) is 78.5 Å². The van der Waals surface area contributed by atoms with Crippen LogP contribution in [0.25, 0.3) is 0 Å². The Bertz CT molecular complexity index is 1040. The van der Waals surface area contributed by atoms with Crippen molar-refractivity contribution in [3.63, 3.8) is 0 Å². The molecule has 1 aliphatic rings. The van der Waals surface area contributed by atoms with Gasteiger partial charge in [-0.15, -0.1) is 0 Å². The van der Waals surface area contributed by atoms with E-state index in [1.54, 1.807) is 50.6 Å². The van der Waals surface area contributed by atoms with Gasteiger partial charge in [-0.05, 0) is 35.9 Å². The predicted octanol–water partition coefficient (Wildman–Crippen LogP) is 3.89. The summed E-state index contributed by atoms with van der Waals surface area (Å²) in [6.07, 6.45) is 1.93. The van der Waals surface area contributed by atoms with E-state index in [2.05, 4.69) is 4.98 Å². The van der Waals surface area contributed by atoms with Crippen LogP contribution in [0.15, 0.2) is 72.9 Å². The average Bonchev–Trinajstić information content (AvgIpc) is 2.99. The van der Waals surface area contributed by atoms with Crippen LogP contribution in [0.4, 0.5) is 10.5 Å². The first kappa shape index (κ1) is 19.4. The SMILES string of the molecule is COc1ccc(Oc2ccc(N3C(=O)C(Cc4ccccc4)N(C)C3=O)cn2)cc1. The molecule has 7 nitrogen and oxygen atoms in total. The van der Waals surface area contributed by atoms with Crippen LogP contribution in [0.5, 0.6) is 17.4 Å². The van der Waals surface area contributed by atoms with Gasteiger partial charge in [0.15, 0.2) is 0 Å². The van der Waals surface area contributed by atoms with E-state index in [1.165, 1.54) is 11.1 Å². The second kappa shape index (κ2) is 8.24. The van der Waals surface area contributed by atoms with Crippen LogP contribution in [-0.2, 0) is 11.2 Å². The molecule has 0 N–H and O–H groups in total. The lowest BCUT2D eigenvalue weighted by atomic mass is 10.1. The Kier molecular flexibility index (Phi) is 5.34. The fraction of sp³-hybridized carbons (Fsp3) is 0.174. The molecule has 0 radical (unpaired) electrons. The highest BCUT2D eigenvalue weighted by atomic mass is 16.5. The molecule has 1 atom stereocenters.